The molecule has 1 aliphatic heterocycles. The van der Waals surface area contributed by atoms with E-state index in [2.05, 4.69) is 11.0 Å². The van der Waals surface area contributed by atoms with E-state index < -0.39 is 0 Å². The predicted molar refractivity (Wildman–Crippen MR) is 99.6 cm³/mol. The molecular formula is C20H26N4O2. The molecule has 0 atom stereocenters. The molecule has 1 aliphatic rings. The Morgan fingerprint density at radius 2 is 1.85 bits per heavy atom. The summed E-state index contributed by atoms with van der Waals surface area (Å²) in [5, 5.41) is 9.30. The summed E-state index contributed by atoms with van der Waals surface area (Å²) in [6.07, 6.45) is 6.65. The van der Waals surface area contributed by atoms with Gasteiger partial charge >= 0.3 is 0 Å². The molecule has 1 aromatic carbocycles. The van der Waals surface area contributed by atoms with Crippen LogP contribution in [-0.4, -0.2) is 54.2 Å². The molecular weight excluding hydrogens is 328 g/mol. The standard InChI is InChI=1S/C20H26N4O2/c1-22(2)20(26)13-19(23-11-7-3-4-8-12-23)24(16-25)15-18-10-6-5-9-17(18)14-21/h5-6,9-10,13,16H,3-4,7-8,11-12,15H2,1-2H3/b19-13-. The second-order valence-corrected chi connectivity index (χ2v) is 6.64. The molecule has 0 unspecified atom stereocenters. The zero-order valence-electron chi connectivity index (χ0n) is 15.5. The molecule has 0 aliphatic carbocycles. The van der Waals surface area contributed by atoms with Gasteiger partial charge in [0.25, 0.3) is 0 Å². The van der Waals surface area contributed by atoms with Gasteiger partial charge in [-0.05, 0) is 24.5 Å². The SMILES string of the molecule is CN(C)C(=O)/C=C(\N(C=O)Cc1ccccc1C#N)N1CCCCCC1. The summed E-state index contributed by atoms with van der Waals surface area (Å²) in [5.41, 5.74) is 1.30. The Bertz CT molecular complexity index is 698. The summed E-state index contributed by atoms with van der Waals surface area (Å²) in [4.78, 5) is 29.3. The second kappa shape index (κ2) is 9.62. The highest BCUT2D eigenvalue weighted by atomic mass is 16.2. The average Bonchev–Trinajstić information content (AvgIpc) is 2.93. The quantitative estimate of drug-likeness (QED) is 0.581. The van der Waals surface area contributed by atoms with Crippen LogP contribution in [0.25, 0.3) is 0 Å². The molecule has 0 aromatic heterocycles. The van der Waals surface area contributed by atoms with E-state index in [4.69, 9.17) is 0 Å². The second-order valence-electron chi connectivity index (χ2n) is 6.64. The van der Waals surface area contributed by atoms with Gasteiger partial charge in [-0.25, -0.2) is 0 Å². The van der Waals surface area contributed by atoms with Crippen LogP contribution in [-0.2, 0) is 16.1 Å². The molecule has 138 valence electrons. The summed E-state index contributed by atoms with van der Waals surface area (Å²) in [6, 6.07) is 9.38. The van der Waals surface area contributed by atoms with Crippen molar-refractivity contribution in [1.82, 2.24) is 14.7 Å². The molecule has 6 heteroatoms. The van der Waals surface area contributed by atoms with Crippen LogP contribution in [0.3, 0.4) is 0 Å². The molecule has 1 fully saturated rings. The Labute approximate surface area is 155 Å². The van der Waals surface area contributed by atoms with Gasteiger partial charge in [0.05, 0.1) is 18.2 Å². The number of benzene rings is 1. The highest BCUT2D eigenvalue weighted by Gasteiger charge is 2.21. The summed E-state index contributed by atoms with van der Waals surface area (Å²) >= 11 is 0. The minimum absolute atomic E-state index is 0.162. The Hall–Kier alpha value is -2.81. The highest BCUT2D eigenvalue weighted by Crippen LogP contribution is 2.20. The molecule has 6 nitrogen and oxygen atoms in total. The molecule has 0 saturated carbocycles. The first-order chi connectivity index (χ1) is 12.6. The van der Waals surface area contributed by atoms with Crippen molar-refractivity contribution in [2.24, 2.45) is 0 Å². The van der Waals surface area contributed by atoms with E-state index in [-0.39, 0.29) is 12.5 Å². The number of hydrogen-bond acceptors (Lipinski definition) is 4. The largest absolute Gasteiger partial charge is 0.358 e. The fraction of sp³-hybridized carbons (Fsp3) is 0.450. The third kappa shape index (κ3) is 5.09. The van der Waals surface area contributed by atoms with Crippen molar-refractivity contribution in [3.63, 3.8) is 0 Å². The predicted octanol–water partition coefficient (Wildman–Crippen LogP) is 2.32. The molecule has 26 heavy (non-hydrogen) atoms. The van der Waals surface area contributed by atoms with Crippen molar-refractivity contribution in [1.29, 1.82) is 5.26 Å². The van der Waals surface area contributed by atoms with Crippen molar-refractivity contribution in [2.45, 2.75) is 32.2 Å². The van der Waals surface area contributed by atoms with Crippen LogP contribution in [0.1, 0.15) is 36.8 Å². The van der Waals surface area contributed by atoms with Gasteiger partial charge in [0.15, 0.2) is 0 Å². The lowest BCUT2D eigenvalue weighted by Crippen LogP contribution is -2.37. The monoisotopic (exact) mass is 354 g/mol. The maximum absolute atomic E-state index is 12.3. The van der Waals surface area contributed by atoms with Gasteiger partial charge < -0.3 is 9.80 Å². The van der Waals surface area contributed by atoms with E-state index in [0.717, 1.165) is 50.7 Å². The van der Waals surface area contributed by atoms with Gasteiger partial charge in [0.1, 0.15) is 5.82 Å². The van der Waals surface area contributed by atoms with Crippen LogP contribution in [0.5, 0.6) is 0 Å². The normalized spacial score (nSPS) is 15.0. The Balaban J connectivity index is 2.35. The van der Waals surface area contributed by atoms with Crippen LogP contribution in [0.2, 0.25) is 0 Å². The van der Waals surface area contributed by atoms with E-state index in [1.165, 1.54) is 15.9 Å². The minimum Gasteiger partial charge on any atom is -0.358 e. The van der Waals surface area contributed by atoms with E-state index in [0.29, 0.717) is 11.4 Å². The summed E-state index contributed by atoms with van der Waals surface area (Å²) < 4.78 is 0. The lowest BCUT2D eigenvalue weighted by atomic mass is 10.1. The van der Waals surface area contributed by atoms with Crippen molar-refractivity contribution >= 4 is 12.3 Å². The third-order valence-electron chi connectivity index (χ3n) is 4.52. The van der Waals surface area contributed by atoms with Gasteiger partial charge in [0.2, 0.25) is 12.3 Å². The summed E-state index contributed by atoms with van der Waals surface area (Å²) in [6.45, 7) is 1.89. The molecule has 2 amide bonds. The number of nitrogens with zero attached hydrogens (tertiary/aromatic N) is 4. The first-order valence-electron chi connectivity index (χ1n) is 8.94. The maximum atomic E-state index is 12.3. The highest BCUT2D eigenvalue weighted by molar-refractivity contribution is 5.88. The van der Waals surface area contributed by atoms with Crippen LogP contribution >= 0.6 is 0 Å². The molecule has 0 N–H and O–H groups in total. The smallest absolute Gasteiger partial charge is 0.249 e. The van der Waals surface area contributed by atoms with Gasteiger partial charge in [0, 0.05) is 33.3 Å². The van der Waals surface area contributed by atoms with E-state index in [9.17, 15) is 14.9 Å². The Kier molecular flexibility index (Phi) is 7.22. The molecule has 0 bridgehead atoms. The van der Waals surface area contributed by atoms with Crippen molar-refractivity contribution in [3.8, 4) is 6.07 Å². The van der Waals surface area contributed by atoms with Crippen LogP contribution < -0.4 is 0 Å². The Morgan fingerprint density at radius 1 is 1.19 bits per heavy atom. The number of likely N-dealkylation sites (N-methyl/N-ethyl adjacent to an activating group) is 1. The molecule has 1 aromatic rings. The first-order valence-corrected chi connectivity index (χ1v) is 8.94. The fourth-order valence-corrected chi connectivity index (χ4v) is 3.02. The number of carbonyl (C=O) groups is 2. The lowest BCUT2D eigenvalue weighted by molar-refractivity contribution is -0.124. The summed E-state index contributed by atoms with van der Waals surface area (Å²) in [7, 11) is 3.38. The van der Waals surface area contributed by atoms with Gasteiger partial charge in [-0.3, -0.25) is 14.5 Å². The third-order valence-corrected chi connectivity index (χ3v) is 4.52. The first kappa shape index (κ1) is 19.5. The number of rotatable bonds is 6. The average molecular weight is 354 g/mol. The molecule has 1 heterocycles. The minimum atomic E-state index is -0.162. The topological polar surface area (TPSA) is 67.6 Å². The molecule has 0 radical (unpaired) electrons. The van der Waals surface area contributed by atoms with E-state index >= 15 is 0 Å². The number of likely N-dealkylation sites (tertiary alicyclic amines) is 1. The van der Waals surface area contributed by atoms with Crippen molar-refractivity contribution in [2.75, 3.05) is 27.2 Å². The fourth-order valence-electron chi connectivity index (χ4n) is 3.02. The van der Waals surface area contributed by atoms with Crippen molar-refractivity contribution in [3.05, 3.63) is 47.3 Å². The van der Waals surface area contributed by atoms with Gasteiger partial charge in [-0.1, -0.05) is 31.0 Å². The number of nitriles is 1. The lowest BCUT2D eigenvalue weighted by Gasteiger charge is -2.32. The van der Waals surface area contributed by atoms with E-state index in [1.807, 2.05) is 12.1 Å². The Morgan fingerprint density at radius 3 is 2.42 bits per heavy atom. The van der Waals surface area contributed by atoms with Crippen LogP contribution in [0, 0.1) is 11.3 Å². The van der Waals surface area contributed by atoms with Crippen LogP contribution in [0.15, 0.2) is 36.2 Å². The maximum Gasteiger partial charge on any atom is 0.249 e. The van der Waals surface area contributed by atoms with Gasteiger partial charge in [-0.2, -0.15) is 5.26 Å². The molecule has 1 saturated heterocycles. The van der Waals surface area contributed by atoms with Crippen LogP contribution in [0.4, 0.5) is 0 Å². The molecule has 0 spiro atoms. The zero-order chi connectivity index (χ0) is 18.9. The van der Waals surface area contributed by atoms with E-state index in [1.54, 1.807) is 26.2 Å². The van der Waals surface area contributed by atoms with Gasteiger partial charge in [-0.15, -0.1) is 0 Å². The number of hydrogen-bond donors (Lipinski definition) is 0. The molecule has 2 rings (SSSR count). The van der Waals surface area contributed by atoms with Crippen molar-refractivity contribution < 1.29 is 9.59 Å². The zero-order valence-corrected chi connectivity index (χ0v) is 15.5. The summed E-state index contributed by atoms with van der Waals surface area (Å²) in [5.74, 6) is 0.443. The number of carbonyl (C=O) groups excluding carboxylic acids is 2. The number of amides is 2.